The Morgan fingerprint density at radius 2 is 1.60 bits per heavy atom. The van der Waals surface area contributed by atoms with Gasteiger partial charge in [-0.2, -0.15) is 0 Å². The minimum Gasteiger partial charge on any atom is -0.325 e. The molecular formula is C36H55F3N8. The van der Waals surface area contributed by atoms with E-state index in [0.29, 0.717) is 30.0 Å². The Morgan fingerprint density at radius 3 is 2.23 bits per heavy atom. The minimum atomic E-state index is -0.868. The van der Waals surface area contributed by atoms with Crippen LogP contribution < -0.4 is 5.32 Å². The van der Waals surface area contributed by atoms with Crippen molar-refractivity contribution in [3.63, 3.8) is 0 Å². The molecule has 1 saturated carbocycles. The van der Waals surface area contributed by atoms with E-state index in [1.54, 1.807) is 13.0 Å². The van der Waals surface area contributed by atoms with Gasteiger partial charge < -0.3 is 14.8 Å². The largest absolute Gasteiger partial charge is 0.325 e. The zero-order valence-corrected chi connectivity index (χ0v) is 30.3. The van der Waals surface area contributed by atoms with Crippen molar-refractivity contribution in [2.45, 2.75) is 100 Å². The number of nitrogens with one attached hydrogen (secondary N) is 1. The number of aryl methyl sites for hydroxylation is 1. The molecule has 1 aromatic carbocycles. The maximum atomic E-state index is 15.1. The van der Waals surface area contributed by atoms with Gasteiger partial charge in [0.15, 0.2) is 11.6 Å². The summed E-state index contributed by atoms with van der Waals surface area (Å²) in [5, 5.41) is 3.08. The fourth-order valence-corrected chi connectivity index (χ4v) is 5.42. The molecule has 3 aromatic heterocycles. The molecule has 1 aliphatic carbocycles. The summed E-state index contributed by atoms with van der Waals surface area (Å²) < 4.78 is 45.4. The van der Waals surface area contributed by atoms with Gasteiger partial charge in [-0.05, 0) is 57.6 Å². The second-order valence-electron chi connectivity index (χ2n) is 10.7. The normalized spacial score (nSPS) is 16.6. The van der Waals surface area contributed by atoms with Gasteiger partial charge in [-0.1, -0.05) is 61.5 Å². The van der Waals surface area contributed by atoms with Crippen molar-refractivity contribution in [2.24, 2.45) is 0 Å². The van der Waals surface area contributed by atoms with Crippen LogP contribution in [0, 0.1) is 18.6 Å². The molecule has 8 nitrogen and oxygen atoms in total. The highest BCUT2D eigenvalue weighted by Crippen LogP contribution is 2.39. The number of halogens is 3. The highest BCUT2D eigenvalue weighted by atomic mass is 19.1. The smallest absolute Gasteiger partial charge is 0.229 e. The Kier molecular flexibility index (Phi) is 16.3. The van der Waals surface area contributed by atoms with E-state index in [4.69, 9.17) is 4.98 Å². The highest BCUT2D eigenvalue weighted by Gasteiger charge is 2.33. The van der Waals surface area contributed by atoms with Crippen LogP contribution >= 0.6 is 0 Å². The van der Waals surface area contributed by atoms with Crippen molar-refractivity contribution < 1.29 is 13.2 Å². The van der Waals surface area contributed by atoms with Crippen molar-refractivity contribution in [3.05, 3.63) is 59.2 Å². The zero-order valence-electron chi connectivity index (χ0n) is 30.3. The van der Waals surface area contributed by atoms with Crippen LogP contribution in [-0.2, 0) is 13.0 Å². The van der Waals surface area contributed by atoms with Gasteiger partial charge in [0.1, 0.15) is 29.0 Å². The third kappa shape index (κ3) is 9.73. The second-order valence-corrected chi connectivity index (χ2v) is 10.7. The molecule has 2 aliphatic rings. The Bertz CT molecular complexity index is 1530. The number of hydrogen-bond donors (Lipinski definition) is 1. The van der Waals surface area contributed by atoms with E-state index in [1.807, 2.05) is 72.1 Å². The van der Waals surface area contributed by atoms with Gasteiger partial charge in [0.05, 0.1) is 11.7 Å². The Hall–Kier alpha value is -3.57. The summed E-state index contributed by atoms with van der Waals surface area (Å²) in [4.78, 5) is 22.1. The van der Waals surface area contributed by atoms with Crippen LogP contribution in [0.15, 0.2) is 30.5 Å². The summed E-state index contributed by atoms with van der Waals surface area (Å²) in [6.45, 7) is 21.6. The molecule has 1 aliphatic heterocycles. The van der Waals surface area contributed by atoms with E-state index in [-0.39, 0.29) is 28.8 Å². The number of aromatic nitrogens is 5. The summed E-state index contributed by atoms with van der Waals surface area (Å²) in [5.41, 5.74) is 3.12. The first-order valence-electron chi connectivity index (χ1n) is 17.2. The number of anilines is 2. The van der Waals surface area contributed by atoms with Crippen LogP contribution in [0.1, 0.15) is 91.4 Å². The van der Waals surface area contributed by atoms with Crippen molar-refractivity contribution in [3.8, 4) is 11.3 Å². The number of alkyl halides is 1. The van der Waals surface area contributed by atoms with Crippen molar-refractivity contribution in [1.29, 1.82) is 0 Å². The zero-order chi connectivity index (χ0) is 35.3. The highest BCUT2D eigenvalue weighted by molar-refractivity contribution is 5.83. The van der Waals surface area contributed by atoms with Gasteiger partial charge in [-0.15, -0.1) is 0 Å². The number of rotatable bonds is 7. The van der Waals surface area contributed by atoms with Crippen LogP contribution in [0.2, 0.25) is 0 Å². The van der Waals surface area contributed by atoms with Crippen LogP contribution in [-0.4, -0.2) is 74.2 Å². The number of imidazole rings is 1. The van der Waals surface area contributed by atoms with Gasteiger partial charge in [0.25, 0.3) is 0 Å². The molecule has 4 heterocycles. The van der Waals surface area contributed by atoms with E-state index in [2.05, 4.69) is 44.2 Å². The second kappa shape index (κ2) is 19.3. The summed E-state index contributed by atoms with van der Waals surface area (Å²) >= 11 is 0. The monoisotopic (exact) mass is 656 g/mol. The van der Waals surface area contributed by atoms with Gasteiger partial charge in [-0.25, -0.2) is 33.1 Å². The van der Waals surface area contributed by atoms with E-state index in [1.165, 1.54) is 11.6 Å². The van der Waals surface area contributed by atoms with E-state index < -0.39 is 17.8 Å². The number of hydrogen-bond acceptors (Lipinski definition) is 7. The SMILES string of the molecule is CC.CC.CC.CC.Cc1nc2c(F)cc(-c3nc(Nc4ccc5c(n4)CCN(CCN(C)C)C5)ncc3F)cc2n1C1CC(F)C1. The summed E-state index contributed by atoms with van der Waals surface area (Å²) in [7, 11) is 4.14. The van der Waals surface area contributed by atoms with Gasteiger partial charge in [0, 0.05) is 49.9 Å². The maximum Gasteiger partial charge on any atom is 0.229 e. The number of likely N-dealkylation sites (N-methyl/N-ethyl adjacent to an activating group) is 1. The Labute approximate surface area is 279 Å². The lowest BCUT2D eigenvalue weighted by Crippen LogP contribution is -2.36. The fourth-order valence-electron chi connectivity index (χ4n) is 5.42. The number of nitrogens with zero attached hydrogens (tertiary/aromatic N) is 7. The minimum absolute atomic E-state index is 0.0369. The predicted molar refractivity (Wildman–Crippen MR) is 189 cm³/mol. The topological polar surface area (TPSA) is 75.0 Å². The van der Waals surface area contributed by atoms with Crippen LogP contribution in [0.5, 0.6) is 0 Å². The molecule has 0 atom stereocenters. The van der Waals surface area contributed by atoms with Crippen LogP contribution in [0.3, 0.4) is 0 Å². The summed E-state index contributed by atoms with van der Waals surface area (Å²) in [5.74, 6) is 0.0679. The van der Waals surface area contributed by atoms with Gasteiger partial charge >= 0.3 is 0 Å². The number of fused-ring (bicyclic) bond motifs is 2. The lowest BCUT2D eigenvalue weighted by molar-refractivity contribution is 0.138. The van der Waals surface area contributed by atoms with E-state index in [0.717, 1.165) is 44.5 Å². The first kappa shape index (κ1) is 39.6. The van der Waals surface area contributed by atoms with Gasteiger partial charge in [0.2, 0.25) is 5.95 Å². The number of benzene rings is 1. The van der Waals surface area contributed by atoms with E-state index in [9.17, 15) is 8.78 Å². The molecule has 1 fully saturated rings. The average Bonchev–Trinajstić information content (AvgIpc) is 3.42. The maximum absolute atomic E-state index is 15.1. The molecule has 6 rings (SSSR count). The summed E-state index contributed by atoms with van der Waals surface area (Å²) in [6, 6.07) is 6.71. The molecule has 11 heteroatoms. The van der Waals surface area contributed by atoms with Crippen molar-refractivity contribution >= 4 is 22.8 Å². The summed E-state index contributed by atoms with van der Waals surface area (Å²) in [6.07, 6.45) is 1.75. The molecule has 47 heavy (non-hydrogen) atoms. The molecule has 260 valence electrons. The molecule has 1 N–H and O–H groups in total. The standard InChI is InChI=1S/C28H31F3N8.4C2H6/c1-16-33-27-21(30)10-18(11-24(27)39(16)20-12-19(29)13-20)26-22(31)14-32-28(36-26)35-25-5-4-17-15-38(9-8-37(2)3)7-6-23(17)34-25;4*1-2/h4-5,10-11,14,19-20H,6-9,12-13,15H2,1-3H3,(H,32,34,35,36);4*1-2H3. The lowest BCUT2D eigenvalue weighted by Gasteiger charge is -2.32. The van der Waals surface area contributed by atoms with Crippen LogP contribution in [0.25, 0.3) is 22.3 Å². The predicted octanol–water partition coefficient (Wildman–Crippen LogP) is 8.92. The first-order chi connectivity index (χ1) is 22.7. The Balaban J connectivity index is 0.000000894. The van der Waals surface area contributed by atoms with Crippen LogP contribution in [0.4, 0.5) is 24.9 Å². The molecule has 0 saturated heterocycles. The lowest BCUT2D eigenvalue weighted by atomic mass is 9.90. The molecule has 0 radical (unpaired) electrons. The quantitative estimate of drug-likeness (QED) is 0.213. The fraction of sp³-hybridized carbons (Fsp3) is 0.556. The molecular weight excluding hydrogens is 601 g/mol. The number of pyridine rings is 1. The molecule has 0 bridgehead atoms. The Morgan fingerprint density at radius 1 is 0.915 bits per heavy atom. The van der Waals surface area contributed by atoms with Crippen molar-refractivity contribution in [2.75, 3.05) is 39.0 Å². The molecule has 0 spiro atoms. The third-order valence-corrected chi connectivity index (χ3v) is 7.59. The average molecular weight is 657 g/mol. The molecule has 4 aromatic rings. The molecule has 0 unspecified atom stereocenters. The van der Waals surface area contributed by atoms with Crippen molar-refractivity contribution in [1.82, 2.24) is 34.3 Å². The van der Waals surface area contributed by atoms with E-state index >= 15 is 4.39 Å². The molecule has 0 amide bonds. The van der Waals surface area contributed by atoms with Gasteiger partial charge in [-0.3, -0.25) is 4.90 Å². The first-order valence-corrected chi connectivity index (χ1v) is 17.2. The third-order valence-electron chi connectivity index (χ3n) is 7.59.